The molecule has 1 aliphatic rings. The Morgan fingerprint density at radius 3 is 2.83 bits per heavy atom. The Morgan fingerprint density at radius 2 is 2.00 bits per heavy atom. The van der Waals surface area contributed by atoms with Crippen molar-refractivity contribution >= 4 is 18.4 Å². The average molecular weight is 324 g/mol. The molecule has 0 spiro atoms. The van der Waals surface area contributed by atoms with E-state index < -0.39 is 0 Å². The summed E-state index contributed by atoms with van der Waals surface area (Å²) >= 11 is 5.30. The maximum atomic E-state index is 5.30. The maximum absolute atomic E-state index is 5.30. The highest BCUT2D eigenvalue weighted by molar-refractivity contribution is 7.71. The van der Waals surface area contributed by atoms with Gasteiger partial charge in [0.25, 0.3) is 0 Å². The fourth-order valence-electron chi connectivity index (χ4n) is 2.83. The van der Waals surface area contributed by atoms with Crippen molar-refractivity contribution < 1.29 is 0 Å². The second-order valence-corrected chi connectivity index (χ2v) is 6.09. The lowest BCUT2D eigenvalue weighted by molar-refractivity contribution is 0.844. The van der Waals surface area contributed by atoms with E-state index in [9.17, 15) is 0 Å². The highest BCUT2D eigenvalue weighted by Gasteiger charge is 2.23. The van der Waals surface area contributed by atoms with Gasteiger partial charge in [-0.3, -0.25) is 5.10 Å². The van der Waals surface area contributed by atoms with Crippen LogP contribution in [0.3, 0.4) is 0 Å². The molecule has 0 atom stereocenters. The molecule has 2 N–H and O–H groups in total. The molecule has 2 aromatic heterocycles. The predicted molar refractivity (Wildman–Crippen MR) is 91.2 cm³/mol. The zero-order chi connectivity index (χ0) is 15.8. The molecule has 4 rings (SSSR count). The summed E-state index contributed by atoms with van der Waals surface area (Å²) in [5.41, 5.74) is 5.49. The first-order valence-electron chi connectivity index (χ1n) is 7.57. The molecule has 0 bridgehead atoms. The molecule has 0 fully saturated rings. The topological polar surface area (TPSA) is 74.7 Å². The number of aromatic nitrogens is 5. The highest BCUT2D eigenvalue weighted by Crippen LogP contribution is 2.29. The number of benzene rings is 1. The largest absolute Gasteiger partial charge is 0.282 e. The second-order valence-electron chi connectivity index (χ2n) is 5.70. The number of nitrogens with zero attached hydrogens (tertiary/aromatic N) is 4. The van der Waals surface area contributed by atoms with Crippen LogP contribution >= 0.6 is 12.2 Å². The van der Waals surface area contributed by atoms with Gasteiger partial charge in [0.05, 0.1) is 6.21 Å². The molecule has 0 saturated carbocycles. The van der Waals surface area contributed by atoms with Crippen LogP contribution in [0.1, 0.15) is 28.8 Å². The molecule has 6 nitrogen and oxygen atoms in total. The quantitative estimate of drug-likeness (QED) is 0.574. The fraction of sp³-hybridized carbons (Fsp3) is 0.250. The van der Waals surface area contributed by atoms with Crippen molar-refractivity contribution in [1.29, 1.82) is 0 Å². The molecule has 7 heteroatoms. The second kappa shape index (κ2) is 5.58. The number of aryl methyl sites for hydroxylation is 2. The summed E-state index contributed by atoms with van der Waals surface area (Å²) in [5, 5.41) is 19.1. The number of rotatable bonds is 3. The van der Waals surface area contributed by atoms with Crippen molar-refractivity contribution in [2.75, 3.05) is 0 Å². The Balaban J connectivity index is 1.73. The summed E-state index contributed by atoms with van der Waals surface area (Å²) in [6, 6.07) is 8.15. The van der Waals surface area contributed by atoms with Crippen molar-refractivity contribution in [2.24, 2.45) is 5.10 Å². The minimum atomic E-state index is 0.457. The molecule has 1 aliphatic carbocycles. The van der Waals surface area contributed by atoms with Crippen molar-refractivity contribution in [3.05, 3.63) is 51.4 Å². The van der Waals surface area contributed by atoms with E-state index in [1.54, 1.807) is 10.9 Å². The summed E-state index contributed by atoms with van der Waals surface area (Å²) in [6.07, 6.45) is 4.98. The van der Waals surface area contributed by atoms with Crippen LogP contribution in [0.4, 0.5) is 0 Å². The normalized spacial score (nSPS) is 13.8. The van der Waals surface area contributed by atoms with E-state index in [4.69, 9.17) is 12.2 Å². The summed E-state index contributed by atoms with van der Waals surface area (Å²) in [7, 11) is 0. The summed E-state index contributed by atoms with van der Waals surface area (Å²) in [4.78, 5) is 0. The molecule has 23 heavy (non-hydrogen) atoms. The van der Waals surface area contributed by atoms with E-state index in [2.05, 4.69) is 44.6 Å². The number of aromatic amines is 2. The zero-order valence-corrected chi connectivity index (χ0v) is 13.5. The predicted octanol–water partition coefficient (Wildman–Crippen LogP) is 3.01. The first kappa shape index (κ1) is 14.1. The van der Waals surface area contributed by atoms with Crippen LogP contribution in [0.5, 0.6) is 0 Å². The fourth-order valence-corrected chi connectivity index (χ4v) is 3.01. The molecular weight excluding hydrogens is 308 g/mol. The van der Waals surface area contributed by atoms with Crippen molar-refractivity contribution in [3.8, 4) is 11.5 Å². The molecule has 3 aromatic rings. The Morgan fingerprint density at radius 1 is 1.17 bits per heavy atom. The standard InChI is InChI=1S/C16H16N6S/c1-10-5-7-11(8-6-10)9-17-22-15(20-21-16(22)23)14-12-3-2-4-13(12)18-19-14/h5-9H,2-4H2,1H3,(H,18,19)(H,21,23)/b17-9+. The van der Waals surface area contributed by atoms with Crippen molar-refractivity contribution in [2.45, 2.75) is 26.2 Å². The highest BCUT2D eigenvalue weighted by atomic mass is 32.1. The lowest BCUT2D eigenvalue weighted by Crippen LogP contribution is -1.97. The molecule has 0 saturated heterocycles. The summed E-state index contributed by atoms with van der Waals surface area (Å²) in [5.74, 6) is 0.651. The van der Waals surface area contributed by atoms with Gasteiger partial charge in [0, 0.05) is 11.3 Å². The summed E-state index contributed by atoms with van der Waals surface area (Å²) in [6.45, 7) is 2.06. The van der Waals surface area contributed by atoms with Crippen LogP contribution in [0.25, 0.3) is 11.5 Å². The molecule has 0 aliphatic heterocycles. The van der Waals surface area contributed by atoms with E-state index >= 15 is 0 Å². The third kappa shape index (κ3) is 2.53. The monoisotopic (exact) mass is 324 g/mol. The Bertz CT molecular complexity index is 928. The van der Waals surface area contributed by atoms with Gasteiger partial charge in [-0.1, -0.05) is 29.8 Å². The van der Waals surface area contributed by atoms with Gasteiger partial charge in [0.15, 0.2) is 0 Å². The van der Waals surface area contributed by atoms with E-state index in [1.165, 1.54) is 16.8 Å². The van der Waals surface area contributed by atoms with E-state index in [-0.39, 0.29) is 0 Å². The van der Waals surface area contributed by atoms with Gasteiger partial charge >= 0.3 is 0 Å². The van der Waals surface area contributed by atoms with Crippen molar-refractivity contribution in [1.82, 2.24) is 25.1 Å². The van der Waals surface area contributed by atoms with E-state index in [1.807, 2.05) is 12.1 Å². The number of nitrogens with one attached hydrogen (secondary N) is 2. The lowest BCUT2D eigenvalue weighted by atomic mass is 10.2. The zero-order valence-electron chi connectivity index (χ0n) is 12.7. The van der Waals surface area contributed by atoms with E-state index in [0.717, 1.165) is 30.5 Å². The SMILES string of the molecule is Cc1ccc(/C=N/n2c(-c3n[nH]c4c3CCC4)n[nH]c2=S)cc1. The van der Waals surface area contributed by atoms with Crippen LogP contribution in [0.2, 0.25) is 0 Å². The van der Waals surface area contributed by atoms with Gasteiger partial charge in [-0.25, -0.2) is 5.10 Å². The van der Waals surface area contributed by atoms with E-state index in [0.29, 0.717) is 10.6 Å². The van der Waals surface area contributed by atoms with Crippen LogP contribution in [-0.2, 0) is 12.8 Å². The van der Waals surface area contributed by atoms with Crippen LogP contribution in [0.15, 0.2) is 29.4 Å². The molecule has 2 heterocycles. The Labute approximate surface area is 138 Å². The maximum Gasteiger partial charge on any atom is 0.216 e. The molecule has 0 radical (unpaired) electrons. The first-order valence-corrected chi connectivity index (χ1v) is 7.98. The Hall–Kier alpha value is -2.54. The lowest BCUT2D eigenvalue weighted by Gasteiger charge is -2.00. The molecule has 116 valence electrons. The van der Waals surface area contributed by atoms with Gasteiger partial charge in [0.2, 0.25) is 10.6 Å². The van der Waals surface area contributed by atoms with Crippen LogP contribution < -0.4 is 0 Å². The number of hydrogen-bond acceptors (Lipinski definition) is 4. The van der Waals surface area contributed by atoms with Crippen LogP contribution in [-0.4, -0.2) is 31.3 Å². The van der Waals surface area contributed by atoms with Gasteiger partial charge in [-0.15, -0.1) is 0 Å². The molecule has 0 amide bonds. The molecular formula is C16H16N6S. The van der Waals surface area contributed by atoms with Gasteiger partial charge in [0.1, 0.15) is 5.69 Å². The van der Waals surface area contributed by atoms with Gasteiger partial charge in [-0.2, -0.15) is 20.0 Å². The number of fused-ring (bicyclic) bond motifs is 1. The van der Waals surface area contributed by atoms with Gasteiger partial charge < -0.3 is 0 Å². The molecule has 1 aromatic carbocycles. The smallest absolute Gasteiger partial charge is 0.216 e. The van der Waals surface area contributed by atoms with Crippen LogP contribution in [0, 0.1) is 11.7 Å². The number of hydrogen-bond donors (Lipinski definition) is 2. The third-order valence-electron chi connectivity index (χ3n) is 4.07. The average Bonchev–Trinajstić information content (AvgIpc) is 3.23. The van der Waals surface area contributed by atoms with Gasteiger partial charge in [-0.05, 0) is 44.0 Å². The third-order valence-corrected chi connectivity index (χ3v) is 4.33. The minimum Gasteiger partial charge on any atom is -0.282 e. The first-order chi connectivity index (χ1) is 11.2. The Kier molecular flexibility index (Phi) is 3.42. The van der Waals surface area contributed by atoms with Crippen molar-refractivity contribution in [3.63, 3.8) is 0 Å². The summed E-state index contributed by atoms with van der Waals surface area (Å²) < 4.78 is 2.09. The number of H-pyrrole nitrogens is 2. The minimum absolute atomic E-state index is 0.457. The molecule has 0 unspecified atom stereocenters.